The van der Waals surface area contributed by atoms with E-state index in [1.54, 1.807) is 24.7 Å². The SMILES string of the molecule is c1coc(-c2noc(CN3CCc4nocc4C3)n2)c1. The molecule has 0 aliphatic carbocycles. The van der Waals surface area contributed by atoms with Crippen molar-refractivity contribution in [2.75, 3.05) is 6.54 Å². The smallest absolute Gasteiger partial charge is 0.241 e. The van der Waals surface area contributed by atoms with Crippen LogP contribution in [0.1, 0.15) is 17.1 Å². The van der Waals surface area contributed by atoms with Crippen molar-refractivity contribution in [1.82, 2.24) is 20.2 Å². The minimum Gasteiger partial charge on any atom is -0.461 e. The van der Waals surface area contributed by atoms with Gasteiger partial charge in [-0.15, -0.1) is 0 Å². The van der Waals surface area contributed by atoms with Crippen LogP contribution in [0, 0.1) is 0 Å². The lowest BCUT2D eigenvalue weighted by Gasteiger charge is -2.23. The van der Waals surface area contributed by atoms with Gasteiger partial charge in [0.1, 0.15) is 6.26 Å². The number of rotatable bonds is 3. The predicted molar refractivity (Wildman–Crippen MR) is 66.3 cm³/mol. The number of hydrogen-bond donors (Lipinski definition) is 0. The summed E-state index contributed by atoms with van der Waals surface area (Å²) >= 11 is 0. The van der Waals surface area contributed by atoms with Gasteiger partial charge in [0.15, 0.2) is 5.76 Å². The largest absolute Gasteiger partial charge is 0.461 e. The molecule has 1 aliphatic rings. The van der Waals surface area contributed by atoms with E-state index in [2.05, 4.69) is 20.2 Å². The molecule has 0 saturated carbocycles. The minimum atomic E-state index is 0.479. The van der Waals surface area contributed by atoms with Crippen LogP contribution < -0.4 is 0 Å². The fourth-order valence-electron chi connectivity index (χ4n) is 2.35. The van der Waals surface area contributed by atoms with Crippen molar-refractivity contribution in [1.29, 1.82) is 0 Å². The molecule has 0 amide bonds. The van der Waals surface area contributed by atoms with Crippen LogP contribution in [0.2, 0.25) is 0 Å². The topological polar surface area (TPSA) is 81.3 Å². The van der Waals surface area contributed by atoms with Crippen LogP contribution in [0.15, 0.2) is 38.1 Å². The minimum absolute atomic E-state index is 0.479. The molecule has 4 rings (SSSR count). The highest BCUT2D eigenvalue weighted by Gasteiger charge is 2.21. The van der Waals surface area contributed by atoms with Crippen LogP contribution in [0.3, 0.4) is 0 Å². The molecule has 20 heavy (non-hydrogen) atoms. The third-order valence-electron chi connectivity index (χ3n) is 3.36. The predicted octanol–water partition coefficient (Wildman–Crippen LogP) is 1.88. The summed E-state index contributed by atoms with van der Waals surface area (Å²) in [7, 11) is 0. The van der Waals surface area contributed by atoms with Gasteiger partial charge in [0.25, 0.3) is 0 Å². The van der Waals surface area contributed by atoms with E-state index in [1.165, 1.54) is 0 Å². The quantitative estimate of drug-likeness (QED) is 0.719. The zero-order chi connectivity index (χ0) is 13.4. The summed E-state index contributed by atoms with van der Waals surface area (Å²) in [6.07, 6.45) is 4.16. The van der Waals surface area contributed by atoms with Gasteiger partial charge in [-0.3, -0.25) is 4.90 Å². The van der Waals surface area contributed by atoms with Crippen molar-refractivity contribution in [3.63, 3.8) is 0 Å². The molecular formula is C13H12N4O3. The Bertz CT molecular complexity index is 701. The maximum Gasteiger partial charge on any atom is 0.241 e. The fraction of sp³-hybridized carbons (Fsp3) is 0.308. The maximum absolute atomic E-state index is 5.26. The fourth-order valence-corrected chi connectivity index (χ4v) is 2.35. The van der Waals surface area contributed by atoms with Gasteiger partial charge >= 0.3 is 0 Å². The molecule has 0 atom stereocenters. The van der Waals surface area contributed by atoms with E-state index in [0.717, 1.165) is 30.8 Å². The lowest BCUT2D eigenvalue weighted by atomic mass is 10.1. The second kappa shape index (κ2) is 4.61. The van der Waals surface area contributed by atoms with Gasteiger partial charge in [-0.2, -0.15) is 4.98 Å². The van der Waals surface area contributed by atoms with Crippen molar-refractivity contribution < 1.29 is 13.5 Å². The molecule has 4 heterocycles. The van der Waals surface area contributed by atoms with Crippen LogP contribution in [-0.2, 0) is 19.5 Å². The Morgan fingerprint density at radius 1 is 1.30 bits per heavy atom. The van der Waals surface area contributed by atoms with Crippen LogP contribution in [0.5, 0.6) is 0 Å². The van der Waals surface area contributed by atoms with Crippen LogP contribution in [0.25, 0.3) is 11.6 Å². The third kappa shape index (κ3) is 2.01. The molecular weight excluding hydrogens is 260 g/mol. The highest BCUT2D eigenvalue weighted by molar-refractivity contribution is 5.44. The van der Waals surface area contributed by atoms with Crippen molar-refractivity contribution in [3.05, 3.63) is 41.8 Å². The first-order valence-electron chi connectivity index (χ1n) is 6.39. The van der Waals surface area contributed by atoms with E-state index in [-0.39, 0.29) is 0 Å². The van der Waals surface area contributed by atoms with E-state index < -0.39 is 0 Å². The summed E-state index contributed by atoms with van der Waals surface area (Å²) in [5.41, 5.74) is 2.17. The average molecular weight is 272 g/mol. The first-order valence-corrected chi connectivity index (χ1v) is 6.39. The summed E-state index contributed by atoms with van der Waals surface area (Å²) in [5, 5.41) is 7.89. The zero-order valence-electron chi connectivity index (χ0n) is 10.7. The summed E-state index contributed by atoms with van der Waals surface area (Å²) in [4.78, 5) is 6.56. The Labute approximate surface area is 114 Å². The van der Waals surface area contributed by atoms with Crippen molar-refractivity contribution in [3.8, 4) is 11.6 Å². The Morgan fingerprint density at radius 2 is 2.30 bits per heavy atom. The van der Waals surface area contributed by atoms with E-state index in [9.17, 15) is 0 Å². The number of hydrogen-bond acceptors (Lipinski definition) is 7. The molecule has 1 aliphatic heterocycles. The van der Waals surface area contributed by atoms with Gasteiger partial charge in [0, 0.05) is 25.1 Å². The number of nitrogens with zero attached hydrogens (tertiary/aromatic N) is 4. The highest BCUT2D eigenvalue weighted by Crippen LogP contribution is 2.20. The molecule has 7 nitrogen and oxygen atoms in total. The van der Waals surface area contributed by atoms with Gasteiger partial charge < -0.3 is 13.5 Å². The standard InChI is InChI=1S/C13H12N4O3/c1-2-11(18-5-1)13-14-12(20-16-13)7-17-4-3-10-9(6-17)8-19-15-10/h1-2,5,8H,3-4,6-7H2. The summed E-state index contributed by atoms with van der Waals surface area (Å²) < 4.78 is 15.5. The highest BCUT2D eigenvalue weighted by atomic mass is 16.5. The number of fused-ring (bicyclic) bond motifs is 1. The number of furan rings is 1. The van der Waals surface area contributed by atoms with Crippen molar-refractivity contribution in [2.45, 2.75) is 19.5 Å². The molecule has 0 radical (unpaired) electrons. The molecule has 3 aromatic rings. The Balaban J connectivity index is 1.48. The number of aromatic nitrogens is 3. The molecule has 7 heteroatoms. The molecule has 0 saturated heterocycles. The first-order chi connectivity index (χ1) is 9.88. The monoisotopic (exact) mass is 272 g/mol. The van der Waals surface area contributed by atoms with Gasteiger partial charge in [-0.05, 0) is 12.1 Å². The second-order valence-electron chi connectivity index (χ2n) is 4.74. The van der Waals surface area contributed by atoms with E-state index >= 15 is 0 Å². The Kier molecular flexibility index (Phi) is 2.63. The lowest BCUT2D eigenvalue weighted by molar-refractivity contribution is 0.210. The third-order valence-corrected chi connectivity index (χ3v) is 3.36. The Hall–Kier alpha value is -2.41. The molecule has 0 aromatic carbocycles. The summed E-state index contributed by atoms with van der Waals surface area (Å²) in [6, 6.07) is 3.60. The van der Waals surface area contributed by atoms with Crippen molar-refractivity contribution in [2.24, 2.45) is 0 Å². The molecule has 3 aromatic heterocycles. The van der Waals surface area contributed by atoms with Crippen molar-refractivity contribution >= 4 is 0 Å². The molecule has 0 N–H and O–H groups in total. The maximum atomic E-state index is 5.26. The van der Waals surface area contributed by atoms with Gasteiger partial charge in [0.2, 0.25) is 11.7 Å². The van der Waals surface area contributed by atoms with Gasteiger partial charge in [-0.1, -0.05) is 10.3 Å². The molecule has 0 unspecified atom stereocenters. The second-order valence-corrected chi connectivity index (χ2v) is 4.74. The lowest BCUT2D eigenvalue weighted by Crippen LogP contribution is -2.29. The summed E-state index contributed by atoms with van der Waals surface area (Å²) in [6.45, 7) is 2.30. The van der Waals surface area contributed by atoms with Crippen LogP contribution in [-0.4, -0.2) is 26.7 Å². The van der Waals surface area contributed by atoms with Crippen LogP contribution >= 0.6 is 0 Å². The molecule has 102 valence electrons. The molecule has 0 spiro atoms. The first kappa shape index (κ1) is 11.4. The van der Waals surface area contributed by atoms with E-state index in [4.69, 9.17) is 13.5 Å². The zero-order valence-corrected chi connectivity index (χ0v) is 10.7. The molecule has 0 bridgehead atoms. The van der Waals surface area contributed by atoms with E-state index in [1.807, 2.05) is 0 Å². The normalized spacial score (nSPS) is 15.4. The average Bonchev–Trinajstić information content (AvgIpc) is 3.19. The van der Waals surface area contributed by atoms with E-state index in [0.29, 0.717) is 24.0 Å². The molecule has 0 fully saturated rings. The van der Waals surface area contributed by atoms with Crippen LogP contribution in [0.4, 0.5) is 0 Å². The van der Waals surface area contributed by atoms with Gasteiger partial charge in [0.05, 0.1) is 18.5 Å². The Morgan fingerprint density at radius 3 is 3.20 bits per heavy atom. The van der Waals surface area contributed by atoms with Gasteiger partial charge in [-0.25, -0.2) is 0 Å². The summed E-state index contributed by atoms with van der Waals surface area (Å²) in [5.74, 6) is 1.67.